The highest BCUT2D eigenvalue weighted by Gasteiger charge is 2.26. The van der Waals surface area contributed by atoms with Gasteiger partial charge in [0.2, 0.25) is 5.95 Å². The summed E-state index contributed by atoms with van der Waals surface area (Å²) in [6, 6.07) is 15.4. The number of nitrogens with two attached hydrogens (primary N) is 2. The summed E-state index contributed by atoms with van der Waals surface area (Å²) >= 11 is 0. The van der Waals surface area contributed by atoms with Crippen LogP contribution >= 0.6 is 0 Å². The summed E-state index contributed by atoms with van der Waals surface area (Å²) in [6.07, 6.45) is 5.53. The number of rotatable bonds is 5. The number of fused-ring (bicyclic) bond motifs is 2. The van der Waals surface area contributed by atoms with Crippen LogP contribution < -0.4 is 22.1 Å². The van der Waals surface area contributed by atoms with Crippen LogP contribution in [0.1, 0.15) is 41.6 Å². The van der Waals surface area contributed by atoms with Gasteiger partial charge in [0.25, 0.3) is 5.91 Å². The van der Waals surface area contributed by atoms with Crippen molar-refractivity contribution in [3.8, 4) is 0 Å². The van der Waals surface area contributed by atoms with E-state index in [1.54, 1.807) is 6.20 Å². The molecular weight excluding hydrogens is 440 g/mol. The minimum atomic E-state index is -0.322. The van der Waals surface area contributed by atoms with Gasteiger partial charge in [0.15, 0.2) is 5.96 Å². The lowest BCUT2D eigenvalue weighted by Gasteiger charge is -2.30. The molecule has 6 N–H and O–H groups in total. The maximum Gasteiger partial charge on any atom is 0.259 e. The molecule has 1 fully saturated rings. The molecule has 0 spiro atoms. The molecule has 1 amide bonds. The molecule has 0 bridgehead atoms. The van der Waals surface area contributed by atoms with E-state index in [1.165, 1.54) is 0 Å². The molecule has 0 saturated heterocycles. The Morgan fingerprint density at radius 1 is 1.03 bits per heavy atom. The fourth-order valence-electron chi connectivity index (χ4n) is 4.58. The summed E-state index contributed by atoms with van der Waals surface area (Å²) < 4.78 is 0. The van der Waals surface area contributed by atoms with Crippen molar-refractivity contribution in [3.63, 3.8) is 0 Å². The largest absolute Gasteiger partial charge is 0.370 e. The fourth-order valence-corrected chi connectivity index (χ4v) is 4.58. The van der Waals surface area contributed by atoms with Gasteiger partial charge in [-0.2, -0.15) is 4.98 Å². The van der Waals surface area contributed by atoms with Gasteiger partial charge >= 0.3 is 0 Å². The molecule has 1 saturated carbocycles. The number of carbonyl (C=O) groups excluding carboxylic acids is 1. The van der Waals surface area contributed by atoms with Crippen LogP contribution in [-0.4, -0.2) is 38.9 Å². The van der Waals surface area contributed by atoms with E-state index in [0.717, 1.165) is 53.1 Å². The summed E-state index contributed by atoms with van der Waals surface area (Å²) in [5.74, 6) is 0.630. The van der Waals surface area contributed by atoms with Crippen molar-refractivity contribution in [2.24, 2.45) is 16.5 Å². The molecule has 5 rings (SSSR count). The van der Waals surface area contributed by atoms with Crippen LogP contribution in [0.5, 0.6) is 0 Å². The van der Waals surface area contributed by atoms with Crippen LogP contribution in [0.2, 0.25) is 0 Å². The number of nitrogens with zero attached hydrogens (tertiary/aromatic N) is 4. The third kappa shape index (κ3) is 4.98. The summed E-state index contributed by atoms with van der Waals surface area (Å²) in [6.45, 7) is 2.02. The highest BCUT2D eigenvalue weighted by Crippen LogP contribution is 2.29. The zero-order valence-corrected chi connectivity index (χ0v) is 19.5. The summed E-state index contributed by atoms with van der Waals surface area (Å²) in [5, 5.41) is 8.16. The molecule has 2 aromatic carbocycles. The van der Waals surface area contributed by atoms with E-state index in [9.17, 15) is 4.79 Å². The Morgan fingerprint density at radius 2 is 1.86 bits per heavy atom. The van der Waals surface area contributed by atoms with E-state index in [2.05, 4.69) is 25.6 Å². The highest BCUT2D eigenvalue weighted by atomic mass is 16.1. The number of benzene rings is 2. The zero-order valence-electron chi connectivity index (χ0n) is 19.5. The maximum absolute atomic E-state index is 13.0. The van der Waals surface area contributed by atoms with Gasteiger partial charge in [-0.05, 0) is 44.0 Å². The Kier molecular flexibility index (Phi) is 6.13. The lowest BCUT2D eigenvalue weighted by molar-refractivity contribution is 0.102. The summed E-state index contributed by atoms with van der Waals surface area (Å²) in [5.41, 5.74) is 14.4. The predicted octanol–water partition coefficient (Wildman–Crippen LogP) is 3.74. The topological polar surface area (TPSA) is 144 Å². The average molecular weight is 469 g/mol. The Hall–Kier alpha value is -4.27. The average Bonchev–Trinajstić information content (AvgIpc) is 2.85. The second kappa shape index (κ2) is 9.54. The van der Waals surface area contributed by atoms with Crippen molar-refractivity contribution >= 4 is 45.4 Å². The number of aliphatic imine (C=N–C) groups is 1. The third-order valence-corrected chi connectivity index (χ3v) is 6.30. The van der Waals surface area contributed by atoms with Crippen LogP contribution in [0.25, 0.3) is 21.8 Å². The molecule has 9 nitrogen and oxygen atoms in total. The maximum atomic E-state index is 13.0. The molecule has 178 valence electrons. The van der Waals surface area contributed by atoms with Crippen LogP contribution in [0.15, 0.2) is 59.7 Å². The van der Waals surface area contributed by atoms with Crippen molar-refractivity contribution in [1.82, 2.24) is 15.0 Å². The van der Waals surface area contributed by atoms with Crippen molar-refractivity contribution < 1.29 is 4.79 Å². The quantitative estimate of drug-likeness (QED) is 0.258. The van der Waals surface area contributed by atoms with Gasteiger partial charge in [-0.25, -0.2) is 9.98 Å². The van der Waals surface area contributed by atoms with E-state index >= 15 is 0 Å². The van der Waals surface area contributed by atoms with Gasteiger partial charge < -0.3 is 16.8 Å². The van der Waals surface area contributed by atoms with Crippen LogP contribution in [0.3, 0.4) is 0 Å². The van der Waals surface area contributed by atoms with Crippen molar-refractivity contribution in [2.45, 2.75) is 44.7 Å². The number of carbonyl (C=O) groups is 1. The first-order valence-electron chi connectivity index (χ1n) is 11.8. The van der Waals surface area contributed by atoms with Gasteiger partial charge in [-0.3, -0.25) is 15.1 Å². The zero-order chi connectivity index (χ0) is 24.4. The lowest BCUT2D eigenvalue weighted by Crippen LogP contribution is -2.38. The van der Waals surface area contributed by atoms with Gasteiger partial charge in [-0.15, -0.1) is 0 Å². The first-order valence-corrected chi connectivity index (χ1v) is 11.8. The first-order chi connectivity index (χ1) is 17.0. The minimum absolute atomic E-state index is 0.0256. The second-order valence-corrected chi connectivity index (χ2v) is 8.94. The second-order valence-electron chi connectivity index (χ2n) is 8.94. The van der Waals surface area contributed by atoms with Crippen LogP contribution in [0, 0.1) is 6.92 Å². The van der Waals surface area contributed by atoms with E-state index in [4.69, 9.17) is 16.5 Å². The molecule has 2 atom stereocenters. The molecule has 1 aliphatic rings. The van der Waals surface area contributed by atoms with Crippen LogP contribution in [0.4, 0.5) is 11.8 Å². The fraction of sp³-hybridized carbons (Fsp3) is 0.269. The number of aromatic nitrogens is 3. The van der Waals surface area contributed by atoms with Crippen LogP contribution in [-0.2, 0) is 0 Å². The number of nitrogens with one attached hydrogen (secondary N) is 2. The predicted molar refractivity (Wildman–Crippen MR) is 139 cm³/mol. The van der Waals surface area contributed by atoms with Gasteiger partial charge in [0.05, 0.1) is 28.7 Å². The molecule has 1 aliphatic carbocycles. The molecule has 0 aliphatic heterocycles. The smallest absolute Gasteiger partial charge is 0.259 e. The van der Waals surface area contributed by atoms with Gasteiger partial charge in [-0.1, -0.05) is 42.7 Å². The van der Waals surface area contributed by atoms with E-state index in [1.807, 2.05) is 55.5 Å². The van der Waals surface area contributed by atoms with E-state index in [-0.39, 0.29) is 29.9 Å². The summed E-state index contributed by atoms with van der Waals surface area (Å²) in [7, 11) is 0. The Balaban J connectivity index is 1.47. The first kappa shape index (κ1) is 22.5. The van der Waals surface area contributed by atoms with Crippen molar-refractivity contribution in [2.75, 3.05) is 10.6 Å². The van der Waals surface area contributed by atoms with Crippen molar-refractivity contribution in [1.29, 1.82) is 0 Å². The minimum Gasteiger partial charge on any atom is -0.370 e. The standard InChI is InChI=1S/C26H28N8O/c1-15-10-11-20-18(12-15)23(30-21-8-4-5-9-22(21)31-25(27)28)33-26(32-20)34-24(35)17-13-16-6-2-3-7-19(16)29-14-17/h2-3,6-7,10-14,21-22H,4-5,8-9H2,1H3,(H4,27,28,31)(H2,30,32,33,34,35). The summed E-state index contributed by atoms with van der Waals surface area (Å²) in [4.78, 5) is 31.1. The molecule has 2 heterocycles. The number of guanidine groups is 1. The Bertz CT molecular complexity index is 1430. The monoisotopic (exact) mass is 468 g/mol. The molecule has 35 heavy (non-hydrogen) atoms. The molecule has 2 aromatic heterocycles. The number of amides is 1. The lowest BCUT2D eigenvalue weighted by atomic mass is 9.90. The van der Waals surface area contributed by atoms with E-state index < -0.39 is 0 Å². The Labute approximate surface area is 203 Å². The number of hydrogen-bond acceptors (Lipinski definition) is 6. The molecule has 2 unspecified atom stereocenters. The number of aryl methyl sites for hydroxylation is 1. The SMILES string of the molecule is Cc1ccc2nc(NC(=O)c3cnc4ccccc4c3)nc(NC3CCCCC3N=C(N)N)c2c1. The normalized spacial score (nSPS) is 17.7. The third-order valence-electron chi connectivity index (χ3n) is 6.30. The van der Waals surface area contributed by atoms with Crippen molar-refractivity contribution in [3.05, 3.63) is 65.9 Å². The molecular formula is C26H28N8O. The number of anilines is 2. The number of hydrogen-bond donors (Lipinski definition) is 4. The Morgan fingerprint density at radius 3 is 2.71 bits per heavy atom. The number of para-hydroxylation sites is 1. The van der Waals surface area contributed by atoms with Gasteiger partial charge in [0.1, 0.15) is 5.82 Å². The highest BCUT2D eigenvalue weighted by molar-refractivity contribution is 6.05. The number of pyridine rings is 1. The molecule has 0 radical (unpaired) electrons. The van der Waals surface area contributed by atoms with Gasteiger partial charge in [0, 0.05) is 17.0 Å². The molecule has 4 aromatic rings. The molecule has 9 heteroatoms. The van der Waals surface area contributed by atoms with E-state index in [0.29, 0.717) is 11.4 Å².